The van der Waals surface area contributed by atoms with Crippen molar-refractivity contribution in [3.63, 3.8) is 0 Å². The van der Waals surface area contributed by atoms with E-state index in [2.05, 4.69) is 0 Å². The Balaban J connectivity index is 2.70. The Morgan fingerprint density at radius 1 is 1.41 bits per heavy atom. The molecule has 1 aromatic heterocycles. The van der Waals surface area contributed by atoms with E-state index in [-0.39, 0.29) is 23.1 Å². The van der Waals surface area contributed by atoms with Crippen molar-refractivity contribution in [3.05, 3.63) is 26.4 Å². The number of nitrogens with zero attached hydrogens (tertiary/aromatic N) is 2. The molecule has 0 fully saturated rings. The summed E-state index contributed by atoms with van der Waals surface area (Å²) in [6.45, 7) is 4.60. The summed E-state index contributed by atoms with van der Waals surface area (Å²) in [6.07, 6.45) is 0.611. The van der Waals surface area contributed by atoms with Crippen LogP contribution < -0.4 is 11.2 Å². The van der Waals surface area contributed by atoms with E-state index in [0.29, 0.717) is 25.1 Å². The van der Waals surface area contributed by atoms with Crippen LogP contribution in [0.4, 0.5) is 0 Å². The Morgan fingerprint density at radius 2 is 2.12 bits per heavy atom. The van der Waals surface area contributed by atoms with Crippen molar-refractivity contribution in [3.8, 4) is 0 Å². The van der Waals surface area contributed by atoms with Crippen molar-refractivity contribution < 1.29 is 5.11 Å². The van der Waals surface area contributed by atoms with E-state index in [1.807, 2.05) is 6.92 Å². The molecule has 1 aliphatic rings. The highest BCUT2D eigenvalue weighted by Crippen LogP contribution is 2.31. The van der Waals surface area contributed by atoms with Gasteiger partial charge in [0.2, 0.25) is 0 Å². The van der Waals surface area contributed by atoms with E-state index in [4.69, 9.17) is 5.11 Å². The average molecular weight is 256 g/mol. The van der Waals surface area contributed by atoms with E-state index in [9.17, 15) is 9.59 Å². The zero-order valence-electron chi connectivity index (χ0n) is 9.97. The van der Waals surface area contributed by atoms with Gasteiger partial charge in [-0.3, -0.25) is 13.9 Å². The molecule has 0 spiro atoms. The van der Waals surface area contributed by atoms with Crippen LogP contribution in [-0.4, -0.2) is 26.1 Å². The molecule has 6 heteroatoms. The number of rotatable bonds is 3. The number of fused-ring (bicyclic) bond motifs is 1. The Hall–Kier alpha value is -1.01. The number of thioether (sulfide) groups is 1. The third-order valence-electron chi connectivity index (χ3n) is 3.01. The molecule has 1 atom stereocenters. The molecule has 17 heavy (non-hydrogen) atoms. The molecule has 0 amide bonds. The van der Waals surface area contributed by atoms with Gasteiger partial charge in [-0.05, 0) is 13.3 Å². The summed E-state index contributed by atoms with van der Waals surface area (Å²) in [5.74, 6) is 0. The van der Waals surface area contributed by atoms with Gasteiger partial charge in [-0.1, -0.05) is 6.92 Å². The lowest BCUT2D eigenvalue weighted by atomic mass is 10.2. The van der Waals surface area contributed by atoms with Gasteiger partial charge >= 0.3 is 5.69 Å². The van der Waals surface area contributed by atoms with E-state index >= 15 is 0 Å². The van der Waals surface area contributed by atoms with Crippen molar-refractivity contribution in [1.82, 2.24) is 9.13 Å². The summed E-state index contributed by atoms with van der Waals surface area (Å²) in [6, 6.07) is 0. The lowest BCUT2D eigenvalue weighted by Crippen LogP contribution is -2.41. The van der Waals surface area contributed by atoms with E-state index in [1.54, 1.807) is 11.5 Å². The van der Waals surface area contributed by atoms with Crippen LogP contribution in [-0.2, 0) is 19.5 Å². The van der Waals surface area contributed by atoms with Gasteiger partial charge in [0.1, 0.15) is 0 Å². The number of aliphatic hydroxyl groups excluding tert-OH is 1. The summed E-state index contributed by atoms with van der Waals surface area (Å²) >= 11 is 1.43. The Morgan fingerprint density at radius 3 is 2.65 bits per heavy atom. The first-order valence-corrected chi connectivity index (χ1v) is 6.66. The fraction of sp³-hybridized carbons (Fsp3) is 0.636. The molecule has 0 aliphatic carbocycles. The number of aromatic nitrogens is 2. The fourth-order valence-corrected chi connectivity index (χ4v) is 3.38. The second kappa shape index (κ2) is 4.70. The van der Waals surface area contributed by atoms with Gasteiger partial charge in [-0.15, -0.1) is 11.8 Å². The zero-order chi connectivity index (χ0) is 12.6. The molecular weight excluding hydrogens is 240 g/mol. The lowest BCUT2D eigenvalue weighted by molar-refractivity contribution is 0.286. The highest BCUT2D eigenvalue weighted by Gasteiger charge is 2.27. The van der Waals surface area contributed by atoms with Crippen molar-refractivity contribution in [2.75, 3.05) is 6.61 Å². The highest BCUT2D eigenvalue weighted by molar-refractivity contribution is 8.00. The van der Waals surface area contributed by atoms with Gasteiger partial charge in [-0.2, -0.15) is 0 Å². The molecule has 1 N–H and O–H groups in total. The predicted octanol–water partition coefficient (Wildman–Crippen LogP) is 0.0589. The van der Waals surface area contributed by atoms with E-state index in [1.165, 1.54) is 16.3 Å². The van der Waals surface area contributed by atoms with Crippen molar-refractivity contribution in [2.45, 2.75) is 43.6 Å². The first-order valence-electron chi connectivity index (χ1n) is 5.78. The third-order valence-corrected chi connectivity index (χ3v) is 4.33. The summed E-state index contributed by atoms with van der Waals surface area (Å²) in [5, 5.41) is 9.90. The van der Waals surface area contributed by atoms with Crippen LogP contribution >= 0.6 is 11.8 Å². The summed E-state index contributed by atoms with van der Waals surface area (Å²) < 4.78 is 2.89. The van der Waals surface area contributed by atoms with Crippen LogP contribution in [0.15, 0.2) is 14.6 Å². The fourth-order valence-electron chi connectivity index (χ4n) is 2.11. The van der Waals surface area contributed by atoms with Crippen molar-refractivity contribution in [2.24, 2.45) is 0 Å². The molecule has 0 saturated heterocycles. The average Bonchev–Trinajstić information content (AvgIpc) is 2.74. The molecule has 1 aliphatic heterocycles. The van der Waals surface area contributed by atoms with Gasteiger partial charge in [0.25, 0.3) is 5.56 Å². The lowest BCUT2D eigenvalue weighted by Gasteiger charge is -2.10. The summed E-state index contributed by atoms with van der Waals surface area (Å²) in [5.41, 5.74) is 0.248. The molecule has 94 valence electrons. The molecule has 0 radical (unpaired) electrons. The van der Waals surface area contributed by atoms with Crippen molar-refractivity contribution in [1.29, 1.82) is 0 Å². The van der Waals surface area contributed by atoms with Gasteiger partial charge in [-0.25, -0.2) is 4.79 Å². The van der Waals surface area contributed by atoms with Gasteiger partial charge in [0, 0.05) is 18.7 Å². The van der Waals surface area contributed by atoms with Crippen LogP contribution in [0.3, 0.4) is 0 Å². The SMILES string of the molecule is CCc1c2n(c(=O)n(CC)c1=O)CC(CO)S2. The van der Waals surface area contributed by atoms with Crippen LogP contribution in [0.1, 0.15) is 19.4 Å². The first kappa shape index (κ1) is 12.4. The molecule has 0 saturated carbocycles. The second-order valence-corrected chi connectivity index (χ2v) is 5.29. The smallest absolute Gasteiger partial charge is 0.331 e. The molecule has 1 unspecified atom stereocenters. The second-order valence-electron chi connectivity index (χ2n) is 4.00. The predicted molar refractivity (Wildman–Crippen MR) is 66.7 cm³/mol. The Labute approximate surface area is 103 Å². The maximum absolute atomic E-state index is 12.1. The topological polar surface area (TPSA) is 64.2 Å². The molecule has 5 nitrogen and oxygen atoms in total. The molecule has 0 aromatic carbocycles. The minimum atomic E-state index is -0.256. The molecule has 1 aromatic rings. The van der Waals surface area contributed by atoms with Gasteiger partial charge < -0.3 is 5.11 Å². The first-order chi connectivity index (χ1) is 8.13. The standard InChI is InChI=1S/C11H16N2O3S/c1-3-8-9(15)12(4-2)11(16)13-5-7(6-14)17-10(8)13/h7,14H,3-6H2,1-2H3. The quantitative estimate of drug-likeness (QED) is 0.777. The molecular formula is C11H16N2O3S. The molecule has 0 bridgehead atoms. The van der Waals surface area contributed by atoms with Gasteiger partial charge in [0.05, 0.1) is 16.9 Å². The minimum absolute atomic E-state index is 0.0138. The normalized spacial score (nSPS) is 18.4. The van der Waals surface area contributed by atoms with Gasteiger partial charge in [0.15, 0.2) is 0 Å². The van der Waals surface area contributed by atoms with Crippen LogP contribution in [0.2, 0.25) is 0 Å². The number of hydrogen-bond donors (Lipinski definition) is 1. The summed E-state index contributed by atoms with van der Waals surface area (Å²) in [4.78, 5) is 24.2. The monoisotopic (exact) mass is 256 g/mol. The number of hydrogen-bond acceptors (Lipinski definition) is 4. The maximum atomic E-state index is 12.1. The van der Waals surface area contributed by atoms with Crippen LogP contribution in [0.5, 0.6) is 0 Å². The Kier molecular flexibility index (Phi) is 3.44. The van der Waals surface area contributed by atoms with E-state index < -0.39 is 0 Å². The van der Waals surface area contributed by atoms with Crippen LogP contribution in [0, 0.1) is 0 Å². The zero-order valence-corrected chi connectivity index (χ0v) is 10.8. The van der Waals surface area contributed by atoms with Crippen LogP contribution in [0.25, 0.3) is 0 Å². The summed E-state index contributed by atoms with van der Waals surface area (Å²) in [7, 11) is 0. The number of aliphatic hydroxyl groups is 1. The Bertz CT molecular complexity index is 547. The third kappa shape index (κ3) is 1.85. The largest absolute Gasteiger partial charge is 0.395 e. The molecule has 2 rings (SSSR count). The molecule has 2 heterocycles. The van der Waals surface area contributed by atoms with E-state index in [0.717, 1.165) is 5.03 Å². The maximum Gasteiger partial charge on any atom is 0.331 e. The highest BCUT2D eigenvalue weighted by atomic mass is 32.2. The van der Waals surface area contributed by atoms with Crippen molar-refractivity contribution >= 4 is 11.8 Å². The minimum Gasteiger partial charge on any atom is -0.395 e.